The van der Waals surface area contributed by atoms with Crippen LogP contribution in [-0.2, 0) is 4.79 Å². The molecule has 5 heteroatoms. The van der Waals surface area contributed by atoms with Gasteiger partial charge in [0, 0.05) is 24.6 Å². The number of amides is 1. The summed E-state index contributed by atoms with van der Waals surface area (Å²) in [5.74, 6) is 1.89. The number of carbonyl (C=O) groups excluding carboxylic acids is 1. The zero-order chi connectivity index (χ0) is 13.9. The number of thioether (sulfide) groups is 1. The fourth-order valence-electron chi connectivity index (χ4n) is 1.48. The molecule has 1 rings (SSSR count). The van der Waals surface area contributed by atoms with E-state index in [4.69, 9.17) is 5.11 Å². The summed E-state index contributed by atoms with van der Waals surface area (Å²) >= 11 is 1.78. The zero-order valence-corrected chi connectivity index (χ0v) is 12.1. The van der Waals surface area contributed by atoms with Crippen LogP contribution in [0.15, 0.2) is 30.3 Å². The van der Waals surface area contributed by atoms with Crippen molar-refractivity contribution in [3.05, 3.63) is 30.3 Å². The van der Waals surface area contributed by atoms with E-state index in [1.807, 2.05) is 37.3 Å². The van der Waals surface area contributed by atoms with Crippen molar-refractivity contribution in [1.29, 1.82) is 0 Å². The van der Waals surface area contributed by atoms with E-state index in [0.717, 1.165) is 30.2 Å². The van der Waals surface area contributed by atoms with Gasteiger partial charge in [0.25, 0.3) is 0 Å². The molecule has 0 aliphatic rings. The van der Waals surface area contributed by atoms with Crippen LogP contribution in [0.2, 0.25) is 0 Å². The van der Waals surface area contributed by atoms with Crippen molar-refractivity contribution in [2.24, 2.45) is 0 Å². The fourth-order valence-corrected chi connectivity index (χ4v) is 2.28. The van der Waals surface area contributed by atoms with E-state index in [0.29, 0.717) is 0 Å². The van der Waals surface area contributed by atoms with Crippen molar-refractivity contribution in [2.75, 3.05) is 30.0 Å². The predicted molar refractivity (Wildman–Crippen MR) is 81.6 cm³/mol. The number of carbonyl (C=O) groups is 1. The number of para-hydroxylation sites is 1. The Bertz CT molecular complexity index is 360. The quantitative estimate of drug-likeness (QED) is 0.604. The van der Waals surface area contributed by atoms with Gasteiger partial charge in [0.2, 0.25) is 5.91 Å². The van der Waals surface area contributed by atoms with Gasteiger partial charge in [0.1, 0.15) is 0 Å². The van der Waals surface area contributed by atoms with E-state index in [1.54, 1.807) is 11.8 Å². The lowest BCUT2D eigenvalue weighted by atomic mass is 10.2. The highest BCUT2D eigenvalue weighted by atomic mass is 32.2. The molecule has 0 bridgehead atoms. The number of benzene rings is 1. The molecule has 1 amide bonds. The second kappa shape index (κ2) is 9.83. The molecule has 1 aromatic rings. The van der Waals surface area contributed by atoms with Crippen LogP contribution in [0.1, 0.15) is 13.3 Å². The molecule has 4 nitrogen and oxygen atoms in total. The van der Waals surface area contributed by atoms with Gasteiger partial charge >= 0.3 is 0 Å². The zero-order valence-electron chi connectivity index (χ0n) is 11.3. The number of hydrogen-bond acceptors (Lipinski definition) is 4. The van der Waals surface area contributed by atoms with Gasteiger partial charge in [-0.1, -0.05) is 18.2 Å². The van der Waals surface area contributed by atoms with Gasteiger partial charge in [-0.05, 0) is 31.2 Å². The van der Waals surface area contributed by atoms with Crippen LogP contribution in [0, 0.1) is 0 Å². The second-order valence-electron chi connectivity index (χ2n) is 4.22. The van der Waals surface area contributed by atoms with E-state index in [2.05, 4.69) is 10.6 Å². The van der Waals surface area contributed by atoms with Crippen molar-refractivity contribution >= 4 is 23.4 Å². The number of anilines is 1. The third-order valence-electron chi connectivity index (χ3n) is 2.58. The maximum Gasteiger partial charge on any atom is 0.241 e. The Morgan fingerprint density at radius 1 is 1.32 bits per heavy atom. The normalized spacial score (nSPS) is 12.1. The summed E-state index contributed by atoms with van der Waals surface area (Å²) in [6.45, 7) is 2.90. The van der Waals surface area contributed by atoms with E-state index < -0.39 is 0 Å². The molecule has 0 spiro atoms. The predicted octanol–water partition coefficient (Wildman–Crippen LogP) is 1.72. The first-order chi connectivity index (χ1) is 9.24. The van der Waals surface area contributed by atoms with Crippen LogP contribution in [0.5, 0.6) is 0 Å². The van der Waals surface area contributed by atoms with Gasteiger partial charge in [-0.15, -0.1) is 0 Å². The lowest BCUT2D eigenvalue weighted by Crippen LogP contribution is -2.39. The molecule has 0 fully saturated rings. The topological polar surface area (TPSA) is 61.4 Å². The van der Waals surface area contributed by atoms with Gasteiger partial charge in [-0.2, -0.15) is 11.8 Å². The molecule has 1 atom stereocenters. The first-order valence-electron chi connectivity index (χ1n) is 6.52. The molecule has 0 heterocycles. The van der Waals surface area contributed by atoms with E-state index in [-0.39, 0.29) is 18.6 Å². The van der Waals surface area contributed by atoms with Crippen molar-refractivity contribution in [3.63, 3.8) is 0 Å². The number of aliphatic hydroxyl groups is 1. The Morgan fingerprint density at radius 3 is 2.74 bits per heavy atom. The molecule has 0 saturated carbocycles. The molecule has 0 aromatic heterocycles. The third kappa shape index (κ3) is 7.20. The van der Waals surface area contributed by atoms with Gasteiger partial charge in [0.05, 0.1) is 6.04 Å². The molecular formula is C14H22N2O2S. The molecule has 106 valence electrons. The van der Waals surface area contributed by atoms with Crippen molar-refractivity contribution < 1.29 is 9.90 Å². The highest BCUT2D eigenvalue weighted by molar-refractivity contribution is 7.99. The highest BCUT2D eigenvalue weighted by Crippen LogP contribution is 2.05. The Kier molecular flexibility index (Phi) is 8.29. The standard InChI is InChI=1S/C14H22N2O2S/c1-12(15-8-11-19-10-5-9-17)14(18)16-13-6-3-2-4-7-13/h2-4,6-7,12,15,17H,5,8-11H2,1H3,(H,16,18). The first kappa shape index (κ1) is 16.0. The van der Waals surface area contributed by atoms with Gasteiger partial charge in [-0.25, -0.2) is 0 Å². The first-order valence-corrected chi connectivity index (χ1v) is 7.67. The van der Waals surface area contributed by atoms with Crippen LogP contribution in [0.4, 0.5) is 5.69 Å². The largest absolute Gasteiger partial charge is 0.396 e. The second-order valence-corrected chi connectivity index (χ2v) is 5.45. The van der Waals surface area contributed by atoms with Crippen LogP contribution in [0.3, 0.4) is 0 Å². The van der Waals surface area contributed by atoms with Crippen LogP contribution >= 0.6 is 11.8 Å². The fraction of sp³-hybridized carbons (Fsp3) is 0.500. The van der Waals surface area contributed by atoms with Crippen LogP contribution in [-0.4, -0.2) is 41.7 Å². The molecule has 0 saturated heterocycles. The summed E-state index contributed by atoms with van der Waals surface area (Å²) in [4.78, 5) is 11.9. The highest BCUT2D eigenvalue weighted by Gasteiger charge is 2.11. The van der Waals surface area contributed by atoms with Crippen LogP contribution in [0.25, 0.3) is 0 Å². The molecule has 1 aromatic carbocycles. The van der Waals surface area contributed by atoms with E-state index in [9.17, 15) is 4.79 Å². The minimum atomic E-state index is -0.210. The Hall–Kier alpha value is -1.04. The average molecular weight is 282 g/mol. The summed E-state index contributed by atoms with van der Waals surface area (Å²) in [7, 11) is 0. The third-order valence-corrected chi connectivity index (χ3v) is 3.65. The number of hydrogen-bond donors (Lipinski definition) is 3. The summed E-state index contributed by atoms with van der Waals surface area (Å²) in [5, 5.41) is 14.7. The molecule has 0 radical (unpaired) electrons. The number of rotatable bonds is 9. The maximum absolute atomic E-state index is 11.9. The Balaban J connectivity index is 2.15. The van der Waals surface area contributed by atoms with E-state index in [1.165, 1.54) is 0 Å². The van der Waals surface area contributed by atoms with Gasteiger partial charge in [0.15, 0.2) is 0 Å². The molecular weight excluding hydrogens is 260 g/mol. The van der Waals surface area contributed by atoms with Crippen molar-refractivity contribution in [3.8, 4) is 0 Å². The monoisotopic (exact) mass is 282 g/mol. The Morgan fingerprint density at radius 2 is 2.05 bits per heavy atom. The van der Waals surface area contributed by atoms with Crippen molar-refractivity contribution in [1.82, 2.24) is 5.32 Å². The summed E-state index contributed by atoms with van der Waals surface area (Å²) in [6, 6.07) is 9.24. The minimum Gasteiger partial charge on any atom is -0.396 e. The SMILES string of the molecule is CC(NCCSCCCO)C(=O)Nc1ccccc1. The van der Waals surface area contributed by atoms with Gasteiger partial charge in [-0.3, -0.25) is 4.79 Å². The minimum absolute atomic E-state index is 0.0217. The molecule has 0 aliphatic heterocycles. The smallest absolute Gasteiger partial charge is 0.241 e. The number of aliphatic hydroxyl groups excluding tert-OH is 1. The van der Waals surface area contributed by atoms with Gasteiger partial charge < -0.3 is 15.7 Å². The molecule has 19 heavy (non-hydrogen) atoms. The summed E-state index contributed by atoms with van der Waals surface area (Å²) < 4.78 is 0. The molecule has 1 unspecified atom stereocenters. The Labute approximate surface area is 119 Å². The summed E-state index contributed by atoms with van der Waals surface area (Å²) in [6.07, 6.45) is 0.828. The van der Waals surface area contributed by atoms with Crippen LogP contribution < -0.4 is 10.6 Å². The molecule has 3 N–H and O–H groups in total. The maximum atomic E-state index is 11.9. The van der Waals surface area contributed by atoms with E-state index >= 15 is 0 Å². The summed E-state index contributed by atoms with van der Waals surface area (Å²) in [5.41, 5.74) is 0.818. The lowest BCUT2D eigenvalue weighted by molar-refractivity contribution is -0.117. The molecule has 0 aliphatic carbocycles. The average Bonchev–Trinajstić information content (AvgIpc) is 2.43. The van der Waals surface area contributed by atoms with Crippen molar-refractivity contribution in [2.45, 2.75) is 19.4 Å². The number of nitrogens with one attached hydrogen (secondary N) is 2. The lowest BCUT2D eigenvalue weighted by Gasteiger charge is -2.13.